The van der Waals surface area contributed by atoms with Gasteiger partial charge >= 0.3 is 5.97 Å². The number of pyridine rings is 1. The van der Waals surface area contributed by atoms with Crippen LogP contribution in [0.5, 0.6) is 5.75 Å². The number of methoxy groups -OCH3 is 1. The van der Waals surface area contributed by atoms with Crippen molar-refractivity contribution in [2.75, 3.05) is 13.7 Å². The highest BCUT2D eigenvalue weighted by Crippen LogP contribution is 2.13. The molecule has 0 saturated heterocycles. The van der Waals surface area contributed by atoms with Crippen LogP contribution in [0.25, 0.3) is 0 Å². The van der Waals surface area contributed by atoms with E-state index in [-0.39, 0.29) is 5.69 Å². The number of nitrogens with one attached hydrogen (secondary N) is 1. The van der Waals surface area contributed by atoms with E-state index in [9.17, 15) is 9.59 Å². The Morgan fingerprint density at radius 3 is 2.93 bits per heavy atom. The average Bonchev–Trinajstić information content (AvgIpc) is 2.25. The van der Waals surface area contributed by atoms with Gasteiger partial charge in [-0.1, -0.05) is 0 Å². The summed E-state index contributed by atoms with van der Waals surface area (Å²) >= 11 is 0. The third-order valence-electron chi connectivity index (χ3n) is 1.61. The second-order valence-corrected chi connectivity index (χ2v) is 2.63. The van der Waals surface area contributed by atoms with E-state index in [4.69, 9.17) is 9.84 Å². The summed E-state index contributed by atoms with van der Waals surface area (Å²) in [4.78, 5) is 25.4. The minimum absolute atomic E-state index is 0.0706. The number of hydrogen-bond acceptors (Lipinski definition) is 4. The molecule has 0 aliphatic carbocycles. The first-order chi connectivity index (χ1) is 7.15. The summed E-state index contributed by atoms with van der Waals surface area (Å²) in [5.41, 5.74) is 0.0706. The van der Waals surface area contributed by atoms with E-state index < -0.39 is 18.4 Å². The number of ether oxygens (including phenoxy) is 1. The van der Waals surface area contributed by atoms with Crippen LogP contribution in [-0.4, -0.2) is 35.6 Å². The molecule has 0 aliphatic heterocycles. The number of carbonyl (C=O) groups excluding carboxylic acids is 1. The molecule has 0 atom stereocenters. The second kappa shape index (κ2) is 4.94. The molecule has 6 heteroatoms. The fourth-order valence-electron chi connectivity index (χ4n) is 0.965. The molecule has 15 heavy (non-hydrogen) atoms. The number of amides is 1. The highest BCUT2D eigenvalue weighted by Gasteiger charge is 2.13. The number of nitrogens with zero attached hydrogens (tertiary/aromatic N) is 1. The number of hydrogen-bond donors (Lipinski definition) is 2. The van der Waals surface area contributed by atoms with Gasteiger partial charge in [0.25, 0.3) is 5.91 Å². The van der Waals surface area contributed by atoms with Crippen molar-refractivity contribution in [3.63, 3.8) is 0 Å². The molecule has 0 unspecified atom stereocenters. The van der Waals surface area contributed by atoms with Gasteiger partial charge in [0.1, 0.15) is 12.3 Å². The van der Waals surface area contributed by atoms with E-state index in [0.717, 1.165) is 0 Å². The number of rotatable bonds is 4. The molecule has 0 aromatic carbocycles. The topological polar surface area (TPSA) is 88.5 Å². The van der Waals surface area contributed by atoms with Gasteiger partial charge in [0.05, 0.1) is 7.11 Å². The van der Waals surface area contributed by atoms with Crippen molar-refractivity contribution < 1.29 is 19.4 Å². The SMILES string of the molecule is COc1cccnc1C(=O)NCC(=O)O. The molecule has 1 aromatic rings. The number of carboxylic acid groups (broad SMARTS) is 1. The molecule has 1 heterocycles. The zero-order chi connectivity index (χ0) is 11.3. The molecular formula is C9H10N2O4. The maximum atomic E-state index is 11.4. The van der Waals surface area contributed by atoms with E-state index in [0.29, 0.717) is 5.75 Å². The van der Waals surface area contributed by atoms with Crippen molar-refractivity contribution in [1.29, 1.82) is 0 Å². The van der Waals surface area contributed by atoms with Crippen molar-refractivity contribution in [1.82, 2.24) is 10.3 Å². The Kier molecular flexibility index (Phi) is 3.61. The van der Waals surface area contributed by atoms with E-state index >= 15 is 0 Å². The minimum atomic E-state index is -1.11. The molecule has 0 fully saturated rings. The summed E-state index contributed by atoms with van der Waals surface area (Å²) in [7, 11) is 1.41. The van der Waals surface area contributed by atoms with Gasteiger partial charge < -0.3 is 15.2 Å². The van der Waals surface area contributed by atoms with Crippen LogP contribution >= 0.6 is 0 Å². The van der Waals surface area contributed by atoms with Crippen molar-refractivity contribution in [2.45, 2.75) is 0 Å². The van der Waals surface area contributed by atoms with Gasteiger partial charge in [-0.2, -0.15) is 0 Å². The van der Waals surface area contributed by atoms with Crippen LogP contribution in [0.15, 0.2) is 18.3 Å². The first-order valence-corrected chi connectivity index (χ1v) is 4.14. The zero-order valence-corrected chi connectivity index (χ0v) is 8.06. The first kappa shape index (κ1) is 11.0. The average molecular weight is 210 g/mol. The van der Waals surface area contributed by atoms with Gasteiger partial charge in [-0.3, -0.25) is 9.59 Å². The van der Waals surface area contributed by atoms with Gasteiger partial charge in [-0.25, -0.2) is 4.98 Å². The van der Waals surface area contributed by atoms with Crippen molar-refractivity contribution in [3.8, 4) is 5.75 Å². The van der Waals surface area contributed by atoms with Crippen LogP contribution in [-0.2, 0) is 4.79 Å². The van der Waals surface area contributed by atoms with E-state index in [2.05, 4.69) is 10.3 Å². The third-order valence-corrected chi connectivity index (χ3v) is 1.61. The van der Waals surface area contributed by atoms with Crippen LogP contribution < -0.4 is 10.1 Å². The van der Waals surface area contributed by atoms with Gasteiger partial charge in [-0.15, -0.1) is 0 Å². The largest absolute Gasteiger partial charge is 0.494 e. The van der Waals surface area contributed by atoms with Crippen molar-refractivity contribution >= 4 is 11.9 Å². The number of carboxylic acids is 1. The molecule has 0 bridgehead atoms. The minimum Gasteiger partial charge on any atom is -0.494 e. The van der Waals surface area contributed by atoms with Crippen LogP contribution in [0.3, 0.4) is 0 Å². The molecule has 2 N–H and O–H groups in total. The van der Waals surface area contributed by atoms with Crippen LogP contribution in [0.4, 0.5) is 0 Å². The molecule has 80 valence electrons. The lowest BCUT2D eigenvalue weighted by atomic mass is 10.3. The molecular weight excluding hydrogens is 200 g/mol. The van der Waals surface area contributed by atoms with E-state index in [1.54, 1.807) is 12.1 Å². The highest BCUT2D eigenvalue weighted by atomic mass is 16.5. The highest BCUT2D eigenvalue weighted by molar-refractivity contribution is 5.96. The third kappa shape index (κ3) is 2.94. The lowest BCUT2D eigenvalue weighted by Crippen LogP contribution is -2.30. The Balaban J connectivity index is 2.77. The molecule has 0 spiro atoms. The number of aliphatic carboxylic acids is 1. The summed E-state index contributed by atoms with van der Waals surface area (Å²) in [6, 6.07) is 3.19. The number of aromatic nitrogens is 1. The summed E-state index contributed by atoms with van der Waals surface area (Å²) in [5, 5.41) is 10.6. The van der Waals surface area contributed by atoms with Gasteiger partial charge in [0.2, 0.25) is 0 Å². The lowest BCUT2D eigenvalue weighted by Gasteiger charge is -2.05. The Labute approximate surface area is 85.9 Å². The summed E-state index contributed by atoms with van der Waals surface area (Å²) in [6.07, 6.45) is 1.43. The van der Waals surface area contributed by atoms with Gasteiger partial charge in [0.15, 0.2) is 5.69 Å². The van der Waals surface area contributed by atoms with Crippen LogP contribution in [0.1, 0.15) is 10.5 Å². The van der Waals surface area contributed by atoms with Crippen molar-refractivity contribution in [3.05, 3.63) is 24.0 Å². The molecule has 0 radical (unpaired) electrons. The summed E-state index contributed by atoms with van der Waals surface area (Å²) < 4.78 is 4.90. The first-order valence-electron chi connectivity index (χ1n) is 4.14. The molecule has 1 aromatic heterocycles. The molecule has 6 nitrogen and oxygen atoms in total. The van der Waals surface area contributed by atoms with Crippen LogP contribution in [0.2, 0.25) is 0 Å². The molecule has 1 rings (SSSR count). The zero-order valence-electron chi connectivity index (χ0n) is 8.06. The number of carbonyl (C=O) groups is 2. The normalized spacial score (nSPS) is 9.40. The predicted molar refractivity (Wildman–Crippen MR) is 50.8 cm³/mol. The van der Waals surface area contributed by atoms with Gasteiger partial charge in [0, 0.05) is 6.20 Å². The summed E-state index contributed by atoms with van der Waals surface area (Å²) in [5.74, 6) is -1.38. The molecule has 1 amide bonds. The standard InChI is InChI=1S/C9H10N2O4/c1-15-6-3-2-4-10-8(6)9(14)11-5-7(12)13/h2-4H,5H2,1H3,(H,11,14)(H,12,13). The monoisotopic (exact) mass is 210 g/mol. The maximum Gasteiger partial charge on any atom is 0.322 e. The van der Waals surface area contributed by atoms with Crippen LogP contribution in [0, 0.1) is 0 Å². The van der Waals surface area contributed by atoms with E-state index in [1.165, 1.54) is 13.3 Å². The predicted octanol–water partition coefficient (Wildman–Crippen LogP) is -0.0954. The lowest BCUT2D eigenvalue weighted by molar-refractivity contribution is -0.135. The fourth-order valence-corrected chi connectivity index (χ4v) is 0.965. The molecule has 0 aliphatic rings. The fraction of sp³-hybridized carbons (Fsp3) is 0.222. The van der Waals surface area contributed by atoms with Gasteiger partial charge in [-0.05, 0) is 12.1 Å². The summed E-state index contributed by atoms with van der Waals surface area (Å²) in [6.45, 7) is -0.446. The quantitative estimate of drug-likeness (QED) is 0.724. The second-order valence-electron chi connectivity index (χ2n) is 2.63. The Hall–Kier alpha value is -2.11. The van der Waals surface area contributed by atoms with Crippen molar-refractivity contribution in [2.24, 2.45) is 0 Å². The Morgan fingerprint density at radius 2 is 2.33 bits per heavy atom. The smallest absolute Gasteiger partial charge is 0.322 e. The van der Waals surface area contributed by atoms with E-state index in [1.807, 2.05) is 0 Å². The Bertz CT molecular complexity index is 378. The Morgan fingerprint density at radius 1 is 1.60 bits per heavy atom. The molecule has 0 saturated carbocycles. The maximum absolute atomic E-state index is 11.4.